The summed E-state index contributed by atoms with van der Waals surface area (Å²) in [6.07, 6.45) is 3.25. The van der Waals surface area contributed by atoms with Gasteiger partial charge < -0.3 is 10.4 Å². The Bertz CT molecular complexity index is 322. The van der Waals surface area contributed by atoms with Crippen molar-refractivity contribution < 1.29 is 9.90 Å². The second-order valence-electron chi connectivity index (χ2n) is 3.58. The average Bonchev–Trinajstić information content (AvgIpc) is 2.73. The number of nitrogens with one attached hydrogen (secondary N) is 1. The van der Waals surface area contributed by atoms with Crippen LogP contribution in [0.2, 0.25) is 0 Å². The number of aliphatic hydroxyl groups is 1. The Morgan fingerprint density at radius 2 is 2.47 bits per heavy atom. The van der Waals surface area contributed by atoms with Gasteiger partial charge in [-0.2, -0.15) is 5.10 Å². The van der Waals surface area contributed by atoms with Gasteiger partial charge in [-0.25, -0.2) is 0 Å². The zero-order chi connectivity index (χ0) is 11.3. The monoisotopic (exact) mass is 211 g/mol. The van der Waals surface area contributed by atoms with Crippen LogP contribution in [0, 0.1) is 5.92 Å². The van der Waals surface area contributed by atoms with Crippen molar-refractivity contribution in [3.05, 3.63) is 18.0 Å². The summed E-state index contributed by atoms with van der Waals surface area (Å²) in [4.78, 5) is 11.5. The van der Waals surface area contributed by atoms with Crippen molar-refractivity contribution in [2.45, 2.75) is 20.4 Å². The molecule has 1 aromatic heterocycles. The zero-order valence-corrected chi connectivity index (χ0v) is 9.10. The Hall–Kier alpha value is -1.36. The van der Waals surface area contributed by atoms with E-state index < -0.39 is 0 Å². The van der Waals surface area contributed by atoms with Crippen LogP contribution in [0.25, 0.3) is 0 Å². The van der Waals surface area contributed by atoms with E-state index in [9.17, 15) is 4.79 Å². The number of nitrogens with zero attached hydrogens (tertiary/aromatic N) is 2. The summed E-state index contributed by atoms with van der Waals surface area (Å²) in [6.45, 7) is 5.14. The first kappa shape index (κ1) is 11.7. The summed E-state index contributed by atoms with van der Waals surface area (Å²) in [5.74, 6) is -0.0647. The van der Waals surface area contributed by atoms with Crippen molar-refractivity contribution in [1.29, 1.82) is 0 Å². The van der Waals surface area contributed by atoms with Crippen molar-refractivity contribution in [3.8, 4) is 0 Å². The first-order chi connectivity index (χ1) is 7.17. The molecule has 0 aliphatic carbocycles. The van der Waals surface area contributed by atoms with E-state index >= 15 is 0 Å². The van der Waals surface area contributed by atoms with Crippen LogP contribution in [-0.4, -0.2) is 33.9 Å². The summed E-state index contributed by atoms with van der Waals surface area (Å²) in [5, 5.41) is 15.5. The minimum absolute atomic E-state index is 0.0779. The number of carbonyl (C=O) groups excluding carboxylic acids is 1. The molecule has 84 valence electrons. The number of amides is 1. The lowest BCUT2D eigenvalue weighted by Crippen LogP contribution is -2.29. The molecular formula is C10H17N3O2. The van der Waals surface area contributed by atoms with Gasteiger partial charge in [0.2, 0.25) is 0 Å². The molecule has 1 heterocycles. The summed E-state index contributed by atoms with van der Waals surface area (Å²) in [5.41, 5.74) is 0.557. The van der Waals surface area contributed by atoms with Gasteiger partial charge in [0.15, 0.2) is 0 Å². The highest BCUT2D eigenvalue weighted by atomic mass is 16.3. The van der Waals surface area contributed by atoms with Gasteiger partial charge in [0.1, 0.15) is 0 Å². The first-order valence-corrected chi connectivity index (χ1v) is 5.08. The second-order valence-corrected chi connectivity index (χ2v) is 3.58. The molecule has 0 saturated carbocycles. The lowest BCUT2D eigenvalue weighted by molar-refractivity contribution is 0.0942. The molecule has 0 bridgehead atoms. The highest BCUT2D eigenvalue weighted by molar-refractivity contribution is 5.93. The summed E-state index contributed by atoms with van der Waals surface area (Å²) in [7, 11) is 0. The smallest absolute Gasteiger partial charge is 0.254 e. The van der Waals surface area contributed by atoms with Crippen LogP contribution in [0.1, 0.15) is 24.2 Å². The lowest BCUT2D eigenvalue weighted by Gasteiger charge is -2.08. The Labute approximate surface area is 89.1 Å². The highest BCUT2D eigenvalue weighted by Gasteiger charge is 2.08. The number of aryl methyl sites for hydroxylation is 1. The van der Waals surface area contributed by atoms with Crippen LogP contribution in [0.15, 0.2) is 12.4 Å². The average molecular weight is 211 g/mol. The van der Waals surface area contributed by atoms with Crippen LogP contribution in [0.3, 0.4) is 0 Å². The number of carbonyl (C=O) groups is 1. The Morgan fingerprint density at radius 3 is 3.00 bits per heavy atom. The van der Waals surface area contributed by atoms with Gasteiger partial charge in [-0.05, 0) is 12.8 Å². The minimum Gasteiger partial charge on any atom is -0.396 e. The second kappa shape index (κ2) is 5.50. The number of aliphatic hydroxyl groups excluding tert-OH is 1. The van der Waals surface area contributed by atoms with Crippen molar-refractivity contribution in [2.24, 2.45) is 5.92 Å². The SMILES string of the molecule is CCn1cc(C(=O)NCC(C)CO)cn1. The standard InChI is InChI=1S/C10H17N3O2/c1-3-13-6-9(5-12-13)10(15)11-4-8(2)7-14/h5-6,8,14H,3-4,7H2,1-2H3,(H,11,15). The van der Waals surface area contributed by atoms with Gasteiger partial charge in [-0.3, -0.25) is 9.48 Å². The lowest BCUT2D eigenvalue weighted by atomic mass is 10.2. The van der Waals surface area contributed by atoms with Crippen LogP contribution < -0.4 is 5.32 Å². The van der Waals surface area contributed by atoms with E-state index in [1.54, 1.807) is 17.1 Å². The normalized spacial score (nSPS) is 12.5. The zero-order valence-electron chi connectivity index (χ0n) is 9.10. The van der Waals surface area contributed by atoms with E-state index in [0.717, 1.165) is 6.54 Å². The Morgan fingerprint density at radius 1 is 1.73 bits per heavy atom. The quantitative estimate of drug-likeness (QED) is 0.734. The number of aromatic nitrogens is 2. The number of hydrogen-bond donors (Lipinski definition) is 2. The fourth-order valence-corrected chi connectivity index (χ4v) is 1.09. The molecule has 1 amide bonds. The third-order valence-corrected chi connectivity index (χ3v) is 2.14. The van der Waals surface area contributed by atoms with Crippen molar-refractivity contribution in [1.82, 2.24) is 15.1 Å². The van der Waals surface area contributed by atoms with Crippen LogP contribution >= 0.6 is 0 Å². The van der Waals surface area contributed by atoms with E-state index in [0.29, 0.717) is 12.1 Å². The van der Waals surface area contributed by atoms with Gasteiger partial charge in [-0.15, -0.1) is 0 Å². The van der Waals surface area contributed by atoms with Crippen LogP contribution in [-0.2, 0) is 6.54 Å². The molecule has 1 aromatic rings. The fourth-order valence-electron chi connectivity index (χ4n) is 1.09. The summed E-state index contributed by atoms with van der Waals surface area (Å²) >= 11 is 0. The largest absolute Gasteiger partial charge is 0.396 e. The van der Waals surface area contributed by atoms with Gasteiger partial charge >= 0.3 is 0 Å². The maximum Gasteiger partial charge on any atom is 0.254 e. The van der Waals surface area contributed by atoms with Crippen molar-refractivity contribution >= 4 is 5.91 Å². The number of hydrogen-bond acceptors (Lipinski definition) is 3. The van der Waals surface area contributed by atoms with Crippen molar-refractivity contribution in [3.63, 3.8) is 0 Å². The van der Waals surface area contributed by atoms with Gasteiger partial charge in [-0.1, -0.05) is 6.92 Å². The molecule has 5 nitrogen and oxygen atoms in total. The molecule has 15 heavy (non-hydrogen) atoms. The van der Waals surface area contributed by atoms with E-state index in [-0.39, 0.29) is 18.4 Å². The van der Waals surface area contributed by atoms with E-state index in [4.69, 9.17) is 5.11 Å². The third kappa shape index (κ3) is 3.36. The fraction of sp³-hybridized carbons (Fsp3) is 0.600. The van der Waals surface area contributed by atoms with Gasteiger partial charge in [0.05, 0.1) is 11.8 Å². The maximum absolute atomic E-state index is 11.5. The third-order valence-electron chi connectivity index (χ3n) is 2.14. The van der Waals surface area contributed by atoms with Crippen LogP contribution in [0.4, 0.5) is 0 Å². The van der Waals surface area contributed by atoms with E-state index in [1.807, 2.05) is 13.8 Å². The maximum atomic E-state index is 11.5. The van der Waals surface area contributed by atoms with Gasteiger partial charge in [0, 0.05) is 25.9 Å². The molecule has 0 fully saturated rings. The van der Waals surface area contributed by atoms with Crippen molar-refractivity contribution in [2.75, 3.05) is 13.2 Å². The van der Waals surface area contributed by atoms with E-state index in [1.165, 1.54) is 0 Å². The molecule has 5 heteroatoms. The van der Waals surface area contributed by atoms with E-state index in [2.05, 4.69) is 10.4 Å². The number of rotatable bonds is 5. The Kier molecular flexibility index (Phi) is 4.30. The minimum atomic E-state index is -0.144. The molecule has 0 radical (unpaired) electrons. The molecule has 0 aromatic carbocycles. The molecular weight excluding hydrogens is 194 g/mol. The molecule has 0 aliphatic heterocycles. The molecule has 2 N–H and O–H groups in total. The summed E-state index contributed by atoms with van der Waals surface area (Å²) in [6, 6.07) is 0. The predicted octanol–water partition coefficient (Wildman–Crippen LogP) is 0.261. The summed E-state index contributed by atoms with van der Waals surface area (Å²) < 4.78 is 1.70. The highest BCUT2D eigenvalue weighted by Crippen LogP contribution is 1.98. The molecule has 1 atom stereocenters. The van der Waals surface area contributed by atoms with Crippen LogP contribution in [0.5, 0.6) is 0 Å². The molecule has 1 unspecified atom stereocenters. The van der Waals surface area contributed by atoms with Gasteiger partial charge in [0.25, 0.3) is 5.91 Å². The molecule has 0 aliphatic rings. The molecule has 0 saturated heterocycles. The first-order valence-electron chi connectivity index (χ1n) is 5.08. The Balaban J connectivity index is 2.46. The molecule has 0 spiro atoms. The molecule has 1 rings (SSSR count). The predicted molar refractivity (Wildman–Crippen MR) is 56.5 cm³/mol. The topological polar surface area (TPSA) is 67.2 Å².